The molecule has 13 heteroatoms. The maximum absolute atomic E-state index is 13.0. The van der Waals surface area contributed by atoms with Crippen molar-refractivity contribution in [2.24, 2.45) is 0 Å². The highest BCUT2D eigenvalue weighted by molar-refractivity contribution is 7.47. The molecule has 72 heavy (non-hydrogen) atoms. The van der Waals surface area contributed by atoms with Gasteiger partial charge in [0.25, 0.3) is 0 Å². The van der Waals surface area contributed by atoms with E-state index in [0.29, 0.717) is 19.3 Å². The maximum atomic E-state index is 13.0. The molecule has 1 fully saturated rings. The van der Waals surface area contributed by atoms with Crippen molar-refractivity contribution in [3.63, 3.8) is 0 Å². The number of carbonyl (C=O) groups is 1. The summed E-state index contributed by atoms with van der Waals surface area (Å²) < 4.78 is 23.0. The zero-order valence-corrected chi connectivity index (χ0v) is 47.7. The summed E-state index contributed by atoms with van der Waals surface area (Å²) in [5, 5.41) is 64.3. The zero-order chi connectivity index (χ0) is 52.8. The van der Waals surface area contributed by atoms with Gasteiger partial charge in [0.1, 0.15) is 36.6 Å². The zero-order valence-electron chi connectivity index (χ0n) is 46.8. The van der Waals surface area contributed by atoms with Crippen LogP contribution in [0.5, 0.6) is 0 Å². The number of phosphoric ester groups is 1. The molecule has 1 aliphatic carbocycles. The highest BCUT2D eigenvalue weighted by Gasteiger charge is 2.51. The fourth-order valence-electron chi connectivity index (χ4n) is 10.4. The van der Waals surface area contributed by atoms with E-state index in [1.54, 1.807) is 0 Å². The van der Waals surface area contributed by atoms with Gasteiger partial charge in [-0.15, -0.1) is 0 Å². The van der Waals surface area contributed by atoms with Gasteiger partial charge >= 0.3 is 7.82 Å². The van der Waals surface area contributed by atoms with E-state index in [9.17, 15) is 44.9 Å². The first-order chi connectivity index (χ1) is 34.9. The average molecular weight is 1050 g/mol. The summed E-state index contributed by atoms with van der Waals surface area (Å²) in [7, 11) is -5.05. The molecule has 1 saturated carbocycles. The molecule has 6 unspecified atom stereocenters. The van der Waals surface area contributed by atoms with Crippen molar-refractivity contribution in [2.75, 3.05) is 6.61 Å². The lowest BCUT2D eigenvalue weighted by Gasteiger charge is -2.41. The first-order valence-electron chi connectivity index (χ1n) is 31.0. The number of hydrogen-bond acceptors (Lipinski definition) is 10. The first kappa shape index (κ1) is 69.4. The van der Waals surface area contributed by atoms with Crippen LogP contribution in [0.2, 0.25) is 0 Å². The Morgan fingerprint density at radius 1 is 0.417 bits per heavy atom. The van der Waals surface area contributed by atoms with E-state index in [1.165, 1.54) is 238 Å². The number of carbonyl (C=O) groups excluding carboxylic acids is 1. The second-order valence-electron chi connectivity index (χ2n) is 22.3. The van der Waals surface area contributed by atoms with E-state index in [2.05, 4.69) is 19.2 Å². The molecule has 0 aliphatic heterocycles. The Kier molecular flexibility index (Phi) is 46.9. The van der Waals surface area contributed by atoms with Crippen molar-refractivity contribution in [2.45, 2.75) is 364 Å². The van der Waals surface area contributed by atoms with Crippen LogP contribution in [0.3, 0.4) is 0 Å². The monoisotopic (exact) mass is 1050 g/mol. The van der Waals surface area contributed by atoms with Gasteiger partial charge in [-0.3, -0.25) is 13.8 Å². The number of hydrogen-bond donors (Lipinski definition) is 8. The number of aliphatic hydroxyl groups is 6. The normalized spacial score (nSPS) is 21.0. The van der Waals surface area contributed by atoms with Crippen LogP contribution >= 0.6 is 7.82 Å². The van der Waals surface area contributed by atoms with Crippen molar-refractivity contribution in [1.82, 2.24) is 5.32 Å². The van der Waals surface area contributed by atoms with Crippen LogP contribution in [-0.2, 0) is 18.4 Å². The van der Waals surface area contributed by atoms with Crippen LogP contribution in [0, 0.1) is 0 Å². The van der Waals surface area contributed by atoms with Crippen LogP contribution < -0.4 is 5.32 Å². The smallest absolute Gasteiger partial charge is 0.391 e. The second-order valence-corrected chi connectivity index (χ2v) is 23.7. The Morgan fingerprint density at radius 2 is 0.667 bits per heavy atom. The largest absolute Gasteiger partial charge is 0.472 e. The van der Waals surface area contributed by atoms with Gasteiger partial charge < -0.3 is 40.8 Å². The molecule has 1 aliphatic rings. The fraction of sp³-hybridized carbons (Fsp3) is 0.983. The highest BCUT2D eigenvalue weighted by atomic mass is 31.2. The standard InChI is InChI=1S/C59H118NO11P/c1-3-5-7-9-11-13-15-16-17-18-19-20-21-22-23-24-25-26-27-28-29-30-31-32-33-34-35-36-37-38-39-41-43-45-47-49-53(62)60-51(52(61)48-46-44-42-40-14-12-10-8-6-4-2)50-70-72(68,69)71-59-57(66)55(64)54(63)56(65)58(59)67/h51-52,54-59,61,63-67H,3-50H2,1-2H3,(H,60,62)(H,68,69)/t51-,52+,54?,55+,56?,57?,58?,59?/m0/s1. The molecular formula is C59H118NO11P. The second kappa shape index (κ2) is 48.7. The van der Waals surface area contributed by atoms with Gasteiger partial charge in [-0.1, -0.05) is 296 Å². The number of rotatable bonds is 54. The van der Waals surface area contributed by atoms with E-state index >= 15 is 0 Å². The predicted octanol–water partition coefficient (Wildman–Crippen LogP) is 14.5. The van der Waals surface area contributed by atoms with Crippen LogP contribution in [-0.4, -0.2) is 96.8 Å². The molecule has 8 N–H and O–H groups in total. The van der Waals surface area contributed by atoms with Gasteiger partial charge in [0, 0.05) is 6.42 Å². The molecule has 0 aromatic carbocycles. The average Bonchev–Trinajstić information content (AvgIpc) is 3.37. The Labute approximate surface area is 442 Å². The summed E-state index contributed by atoms with van der Waals surface area (Å²) in [5.74, 6) is -0.302. The van der Waals surface area contributed by atoms with E-state index in [-0.39, 0.29) is 12.3 Å². The van der Waals surface area contributed by atoms with Crippen molar-refractivity contribution in [3.8, 4) is 0 Å². The van der Waals surface area contributed by atoms with Gasteiger partial charge in [0.05, 0.1) is 18.8 Å². The first-order valence-corrected chi connectivity index (χ1v) is 32.5. The van der Waals surface area contributed by atoms with Crippen LogP contribution in [0.15, 0.2) is 0 Å². The lowest BCUT2D eigenvalue weighted by molar-refractivity contribution is -0.220. The highest BCUT2D eigenvalue weighted by Crippen LogP contribution is 2.47. The summed E-state index contributed by atoms with van der Waals surface area (Å²) in [6.45, 7) is 3.91. The SMILES string of the molecule is CCCCCCCCCCCCCCCCCCCCCCCCCCCCCCCCCCCCCC(=O)N[C@@H](COP(=O)(O)OC1C(O)C(O)C(O)[C@@H](O)C1O)[C@H](O)CCCCCCCCCCCC. The van der Waals surface area contributed by atoms with E-state index in [1.807, 2.05) is 0 Å². The fourth-order valence-corrected chi connectivity index (χ4v) is 11.4. The summed E-state index contributed by atoms with van der Waals surface area (Å²) in [6.07, 6.45) is 46.3. The predicted molar refractivity (Wildman–Crippen MR) is 297 cm³/mol. The molecule has 430 valence electrons. The van der Waals surface area contributed by atoms with Crippen molar-refractivity contribution in [1.29, 1.82) is 0 Å². The van der Waals surface area contributed by atoms with Gasteiger partial charge in [-0.05, 0) is 12.8 Å². The third-order valence-electron chi connectivity index (χ3n) is 15.4. The number of nitrogens with one attached hydrogen (secondary N) is 1. The number of unbranched alkanes of at least 4 members (excludes halogenated alkanes) is 43. The Morgan fingerprint density at radius 3 is 0.958 bits per heavy atom. The third-order valence-corrected chi connectivity index (χ3v) is 16.4. The topological polar surface area (TPSA) is 206 Å². The molecule has 0 aromatic rings. The molecule has 1 amide bonds. The van der Waals surface area contributed by atoms with Crippen molar-refractivity contribution < 1.29 is 53.9 Å². The van der Waals surface area contributed by atoms with E-state index in [0.717, 1.165) is 38.5 Å². The number of amides is 1. The minimum Gasteiger partial charge on any atom is -0.391 e. The van der Waals surface area contributed by atoms with E-state index < -0.39 is 63.2 Å². The van der Waals surface area contributed by atoms with Gasteiger partial charge in [-0.2, -0.15) is 0 Å². The van der Waals surface area contributed by atoms with Crippen LogP contribution in [0.25, 0.3) is 0 Å². The molecule has 1 rings (SSSR count). The Bertz CT molecular complexity index is 1220. The minimum atomic E-state index is -5.05. The van der Waals surface area contributed by atoms with Crippen molar-refractivity contribution in [3.05, 3.63) is 0 Å². The summed E-state index contributed by atoms with van der Waals surface area (Å²) >= 11 is 0. The molecule has 0 saturated heterocycles. The summed E-state index contributed by atoms with van der Waals surface area (Å²) in [4.78, 5) is 23.5. The lowest BCUT2D eigenvalue weighted by atomic mass is 9.85. The minimum absolute atomic E-state index is 0.243. The molecule has 12 nitrogen and oxygen atoms in total. The number of phosphoric acid groups is 1. The summed E-state index contributed by atoms with van der Waals surface area (Å²) in [6, 6.07) is -1.03. The molecule has 0 bridgehead atoms. The molecule has 0 radical (unpaired) electrons. The van der Waals surface area contributed by atoms with Gasteiger partial charge in [0.2, 0.25) is 5.91 Å². The number of aliphatic hydroxyl groups excluding tert-OH is 6. The quantitative estimate of drug-likeness (QED) is 0.0212. The lowest BCUT2D eigenvalue weighted by Crippen LogP contribution is -2.64. The Hall–Kier alpha value is -0.660. The molecule has 0 heterocycles. The Balaban J connectivity index is 2.10. The van der Waals surface area contributed by atoms with Gasteiger partial charge in [-0.25, -0.2) is 4.57 Å². The molecular weight excluding hydrogens is 930 g/mol. The molecule has 0 spiro atoms. The maximum Gasteiger partial charge on any atom is 0.472 e. The molecule has 0 aromatic heterocycles. The van der Waals surface area contributed by atoms with Crippen LogP contribution in [0.4, 0.5) is 0 Å². The van der Waals surface area contributed by atoms with E-state index in [4.69, 9.17) is 9.05 Å². The third kappa shape index (κ3) is 38.8. The summed E-state index contributed by atoms with van der Waals surface area (Å²) in [5.41, 5.74) is 0. The van der Waals surface area contributed by atoms with Crippen molar-refractivity contribution >= 4 is 13.7 Å². The van der Waals surface area contributed by atoms with Crippen LogP contribution in [0.1, 0.15) is 316 Å². The molecule has 9 atom stereocenters. The van der Waals surface area contributed by atoms with Gasteiger partial charge in [0.15, 0.2) is 0 Å².